The van der Waals surface area contributed by atoms with Gasteiger partial charge in [0.15, 0.2) is 0 Å². The van der Waals surface area contributed by atoms with Crippen LogP contribution < -0.4 is 0 Å². The molecule has 2 rings (SSSR count). The van der Waals surface area contributed by atoms with Gasteiger partial charge in [-0.1, -0.05) is 53.5 Å². The first kappa shape index (κ1) is 11.2. The predicted octanol–water partition coefficient (Wildman–Crippen LogP) is 4.44. The molecule has 2 unspecified atom stereocenters. The summed E-state index contributed by atoms with van der Waals surface area (Å²) in [5.74, 6) is 1.55. The molecule has 0 aromatic heterocycles. The van der Waals surface area contributed by atoms with Gasteiger partial charge >= 0.3 is 0 Å². The summed E-state index contributed by atoms with van der Waals surface area (Å²) in [5.41, 5.74) is 4.85. The van der Waals surface area contributed by atoms with E-state index in [0.29, 0.717) is 5.41 Å². The second-order valence-electron chi connectivity index (χ2n) is 5.42. The zero-order chi connectivity index (χ0) is 11.2. The van der Waals surface area contributed by atoms with Gasteiger partial charge in [0.05, 0.1) is 0 Å². The molecule has 0 heterocycles. The standard InChI is InChI=1S/C14H19Br/c1-9-5-6-11(10(2)7-9)13-12(8-15)14(13,3)4/h5-7,12-13H,8H2,1-4H3. The van der Waals surface area contributed by atoms with Crippen LogP contribution in [-0.4, -0.2) is 5.33 Å². The van der Waals surface area contributed by atoms with Gasteiger partial charge < -0.3 is 0 Å². The maximum atomic E-state index is 3.63. The lowest BCUT2D eigenvalue weighted by molar-refractivity contribution is 0.579. The molecule has 0 amide bonds. The summed E-state index contributed by atoms with van der Waals surface area (Å²) < 4.78 is 0. The Bertz CT molecular complexity index is 379. The van der Waals surface area contributed by atoms with Gasteiger partial charge in [-0.25, -0.2) is 0 Å². The second-order valence-corrected chi connectivity index (χ2v) is 6.07. The van der Waals surface area contributed by atoms with Crippen LogP contribution >= 0.6 is 15.9 Å². The van der Waals surface area contributed by atoms with Gasteiger partial charge in [-0.2, -0.15) is 0 Å². The second kappa shape index (κ2) is 3.62. The number of hydrogen-bond donors (Lipinski definition) is 0. The van der Waals surface area contributed by atoms with Crippen molar-refractivity contribution in [3.8, 4) is 0 Å². The monoisotopic (exact) mass is 266 g/mol. The van der Waals surface area contributed by atoms with Gasteiger partial charge in [-0.05, 0) is 42.2 Å². The molecule has 1 saturated carbocycles. The third-order valence-electron chi connectivity index (χ3n) is 3.98. The molecule has 1 heteroatoms. The molecule has 0 bridgehead atoms. The fraction of sp³-hybridized carbons (Fsp3) is 0.571. The van der Waals surface area contributed by atoms with Gasteiger partial charge in [0.2, 0.25) is 0 Å². The minimum atomic E-state index is 0.476. The summed E-state index contributed by atoms with van der Waals surface area (Å²) in [5, 5.41) is 1.12. The average Bonchev–Trinajstić information content (AvgIpc) is 2.68. The fourth-order valence-electron chi connectivity index (χ4n) is 2.82. The minimum Gasteiger partial charge on any atom is -0.0925 e. The molecule has 0 saturated heterocycles. The fourth-order valence-corrected chi connectivity index (χ4v) is 4.03. The Hall–Kier alpha value is -0.300. The van der Waals surface area contributed by atoms with Crippen LogP contribution in [0.3, 0.4) is 0 Å². The lowest BCUT2D eigenvalue weighted by atomic mass is 9.97. The Morgan fingerprint density at radius 2 is 1.93 bits per heavy atom. The molecular weight excluding hydrogens is 248 g/mol. The summed E-state index contributed by atoms with van der Waals surface area (Å²) in [6, 6.07) is 6.86. The number of rotatable bonds is 2. The molecule has 1 aliphatic rings. The Morgan fingerprint density at radius 3 is 2.40 bits per heavy atom. The zero-order valence-corrected chi connectivity index (χ0v) is 11.6. The zero-order valence-electron chi connectivity index (χ0n) is 9.97. The van der Waals surface area contributed by atoms with E-state index >= 15 is 0 Å². The minimum absolute atomic E-state index is 0.476. The number of alkyl halides is 1. The van der Waals surface area contributed by atoms with Gasteiger partial charge in [-0.3, -0.25) is 0 Å². The van der Waals surface area contributed by atoms with Gasteiger partial charge in [0, 0.05) is 5.33 Å². The normalized spacial score (nSPS) is 27.8. The smallest absolute Gasteiger partial charge is 0.00710 e. The van der Waals surface area contributed by atoms with E-state index in [9.17, 15) is 0 Å². The predicted molar refractivity (Wildman–Crippen MR) is 69.7 cm³/mol. The first-order valence-corrected chi connectivity index (χ1v) is 6.73. The van der Waals surface area contributed by atoms with Crippen molar-refractivity contribution >= 4 is 15.9 Å². The number of benzene rings is 1. The molecule has 1 fully saturated rings. The SMILES string of the molecule is Cc1ccc(C2C(CBr)C2(C)C)c(C)c1. The highest BCUT2D eigenvalue weighted by Gasteiger charge is 2.57. The van der Waals surface area contributed by atoms with Gasteiger partial charge in [-0.15, -0.1) is 0 Å². The van der Waals surface area contributed by atoms with E-state index in [2.05, 4.69) is 61.8 Å². The van der Waals surface area contributed by atoms with E-state index in [4.69, 9.17) is 0 Å². The van der Waals surface area contributed by atoms with E-state index in [1.54, 1.807) is 5.56 Å². The number of halogens is 1. The summed E-state index contributed by atoms with van der Waals surface area (Å²) in [4.78, 5) is 0. The summed E-state index contributed by atoms with van der Waals surface area (Å²) >= 11 is 3.63. The summed E-state index contributed by atoms with van der Waals surface area (Å²) in [6.07, 6.45) is 0. The largest absolute Gasteiger partial charge is 0.0925 e. The quantitative estimate of drug-likeness (QED) is 0.695. The molecule has 15 heavy (non-hydrogen) atoms. The molecule has 0 radical (unpaired) electrons. The Balaban J connectivity index is 2.33. The average molecular weight is 267 g/mol. The molecule has 0 aliphatic heterocycles. The van der Waals surface area contributed by atoms with Crippen molar-refractivity contribution in [1.29, 1.82) is 0 Å². The van der Waals surface area contributed by atoms with Crippen molar-refractivity contribution < 1.29 is 0 Å². The van der Waals surface area contributed by atoms with E-state index in [0.717, 1.165) is 17.2 Å². The van der Waals surface area contributed by atoms with Crippen molar-refractivity contribution in [2.24, 2.45) is 11.3 Å². The summed E-state index contributed by atoms with van der Waals surface area (Å²) in [7, 11) is 0. The highest BCUT2D eigenvalue weighted by Crippen LogP contribution is 2.65. The van der Waals surface area contributed by atoms with Crippen LogP contribution in [0, 0.1) is 25.2 Å². The van der Waals surface area contributed by atoms with Crippen LogP contribution in [0.4, 0.5) is 0 Å². The van der Waals surface area contributed by atoms with Crippen molar-refractivity contribution in [3.63, 3.8) is 0 Å². The molecule has 0 N–H and O–H groups in total. The number of aryl methyl sites for hydroxylation is 2. The van der Waals surface area contributed by atoms with Crippen LogP contribution in [0.1, 0.15) is 36.5 Å². The first-order chi connectivity index (χ1) is 6.98. The third-order valence-corrected chi connectivity index (χ3v) is 4.67. The van der Waals surface area contributed by atoms with Crippen LogP contribution in [-0.2, 0) is 0 Å². The van der Waals surface area contributed by atoms with Crippen LogP contribution in [0.5, 0.6) is 0 Å². The van der Waals surface area contributed by atoms with E-state index in [-0.39, 0.29) is 0 Å². The van der Waals surface area contributed by atoms with Crippen molar-refractivity contribution in [2.45, 2.75) is 33.6 Å². The highest BCUT2D eigenvalue weighted by molar-refractivity contribution is 9.09. The van der Waals surface area contributed by atoms with Crippen molar-refractivity contribution in [2.75, 3.05) is 5.33 Å². The maximum absolute atomic E-state index is 3.63. The van der Waals surface area contributed by atoms with E-state index in [1.807, 2.05) is 0 Å². The molecule has 1 aromatic rings. The van der Waals surface area contributed by atoms with Crippen LogP contribution in [0.25, 0.3) is 0 Å². The molecule has 0 nitrogen and oxygen atoms in total. The maximum Gasteiger partial charge on any atom is 0.00710 e. The van der Waals surface area contributed by atoms with Crippen LogP contribution in [0.15, 0.2) is 18.2 Å². The van der Waals surface area contributed by atoms with E-state index < -0.39 is 0 Å². The molecular formula is C14H19Br. The Labute approximate surface area is 101 Å². The Morgan fingerprint density at radius 1 is 1.27 bits per heavy atom. The molecule has 1 aromatic carbocycles. The van der Waals surface area contributed by atoms with Gasteiger partial charge in [0.25, 0.3) is 0 Å². The van der Waals surface area contributed by atoms with Gasteiger partial charge in [0.1, 0.15) is 0 Å². The molecule has 82 valence electrons. The van der Waals surface area contributed by atoms with Crippen LogP contribution in [0.2, 0.25) is 0 Å². The molecule has 1 aliphatic carbocycles. The number of hydrogen-bond acceptors (Lipinski definition) is 0. The van der Waals surface area contributed by atoms with Crippen molar-refractivity contribution in [1.82, 2.24) is 0 Å². The third kappa shape index (κ3) is 1.75. The Kier molecular flexibility index (Phi) is 2.70. The topological polar surface area (TPSA) is 0 Å². The van der Waals surface area contributed by atoms with E-state index in [1.165, 1.54) is 11.1 Å². The lowest BCUT2D eigenvalue weighted by Crippen LogP contribution is -1.93. The lowest BCUT2D eigenvalue weighted by Gasteiger charge is -2.08. The van der Waals surface area contributed by atoms with Crippen molar-refractivity contribution in [3.05, 3.63) is 34.9 Å². The molecule has 2 atom stereocenters. The molecule has 0 spiro atoms. The highest BCUT2D eigenvalue weighted by atomic mass is 79.9. The first-order valence-electron chi connectivity index (χ1n) is 5.61. The summed E-state index contributed by atoms with van der Waals surface area (Å²) in [6.45, 7) is 9.16.